The van der Waals surface area contributed by atoms with Gasteiger partial charge in [-0.3, -0.25) is 4.90 Å². The molecule has 2 nitrogen and oxygen atoms in total. The highest BCUT2D eigenvalue weighted by atomic mass is 15.1. The fraction of sp³-hybridized carbons (Fsp3) is 0.647. The summed E-state index contributed by atoms with van der Waals surface area (Å²) in [5.41, 5.74) is 10.4. The van der Waals surface area contributed by atoms with E-state index < -0.39 is 0 Å². The average molecular weight is 258 g/mol. The smallest absolute Gasteiger partial charge is 0.0233 e. The van der Waals surface area contributed by atoms with Crippen molar-refractivity contribution in [2.75, 3.05) is 19.6 Å². The van der Waals surface area contributed by atoms with Gasteiger partial charge in [0.25, 0.3) is 0 Å². The molecule has 104 valence electrons. The monoisotopic (exact) mass is 258 g/mol. The van der Waals surface area contributed by atoms with E-state index in [1.807, 2.05) is 0 Å². The highest BCUT2D eigenvalue weighted by Gasteiger charge is 2.19. The van der Waals surface area contributed by atoms with E-state index in [-0.39, 0.29) is 0 Å². The lowest BCUT2D eigenvalue weighted by molar-refractivity contribution is 0.173. The van der Waals surface area contributed by atoms with Crippen LogP contribution in [0.4, 0.5) is 0 Å². The lowest BCUT2D eigenvalue weighted by atomic mass is 9.93. The molecule has 1 aromatic carbocycles. The molecule has 0 saturated carbocycles. The van der Waals surface area contributed by atoms with Crippen molar-refractivity contribution in [3.63, 3.8) is 0 Å². The molecule has 19 heavy (non-hydrogen) atoms. The molecule has 2 N–H and O–H groups in total. The number of aryl methyl sites for hydroxylation is 2. The van der Waals surface area contributed by atoms with Crippen LogP contribution in [0.5, 0.6) is 0 Å². The molecule has 1 saturated heterocycles. The normalized spacial score (nSPS) is 20.7. The quantitative estimate of drug-likeness (QED) is 0.900. The first kappa shape index (κ1) is 13.1. The van der Waals surface area contributed by atoms with E-state index in [2.05, 4.69) is 23.1 Å². The van der Waals surface area contributed by atoms with Crippen LogP contribution in [0.1, 0.15) is 42.4 Å². The van der Waals surface area contributed by atoms with Crippen molar-refractivity contribution in [3.8, 4) is 0 Å². The molecular weight excluding hydrogens is 232 g/mol. The van der Waals surface area contributed by atoms with Crippen molar-refractivity contribution < 1.29 is 0 Å². The number of hydrogen-bond acceptors (Lipinski definition) is 2. The summed E-state index contributed by atoms with van der Waals surface area (Å²) < 4.78 is 0. The van der Waals surface area contributed by atoms with Gasteiger partial charge in [0, 0.05) is 6.54 Å². The van der Waals surface area contributed by atoms with Gasteiger partial charge >= 0.3 is 0 Å². The molecule has 1 aromatic rings. The number of hydrogen-bond donors (Lipinski definition) is 1. The third-order valence-corrected chi connectivity index (χ3v) is 4.85. The van der Waals surface area contributed by atoms with Gasteiger partial charge in [-0.1, -0.05) is 18.2 Å². The van der Waals surface area contributed by atoms with Crippen LogP contribution in [-0.4, -0.2) is 24.5 Å². The molecule has 0 amide bonds. The summed E-state index contributed by atoms with van der Waals surface area (Å²) in [7, 11) is 0. The van der Waals surface area contributed by atoms with Crippen molar-refractivity contribution in [3.05, 3.63) is 34.9 Å². The molecule has 0 radical (unpaired) electrons. The predicted molar refractivity (Wildman–Crippen MR) is 80.1 cm³/mol. The first-order chi connectivity index (χ1) is 9.35. The van der Waals surface area contributed by atoms with Gasteiger partial charge < -0.3 is 5.73 Å². The summed E-state index contributed by atoms with van der Waals surface area (Å²) in [6, 6.07) is 7.16. The van der Waals surface area contributed by atoms with Gasteiger partial charge in [-0.25, -0.2) is 0 Å². The standard InChI is InChI=1S/C17H26N2/c18-9-6-14-7-10-19(11-8-14)13-15-4-5-16-2-1-3-17(16)12-15/h4-5,12,14H,1-3,6-11,13,18H2. The Morgan fingerprint density at radius 1 is 1.11 bits per heavy atom. The van der Waals surface area contributed by atoms with E-state index in [1.165, 1.54) is 57.2 Å². The summed E-state index contributed by atoms with van der Waals surface area (Å²) in [6.07, 6.45) is 7.82. The van der Waals surface area contributed by atoms with Crippen LogP contribution in [0, 0.1) is 5.92 Å². The largest absolute Gasteiger partial charge is 0.330 e. The first-order valence-electron chi connectivity index (χ1n) is 7.88. The van der Waals surface area contributed by atoms with Crippen molar-refractivity contribution in [1.82, 2.24) is 4.90 Å². The first-order valence-corrected chi connectivity index (χ1v) is 7.88. The Morgan fingerprint density at radius 3 is 2.68 bits per heavy atom. The molecule has 0 bridgehead atoms. The van der Waals surface area contributed by atoms with E-state index in [1.54, 1.807) is 11.1 Å². The van der Waals surface area contributed by atoms with Gasteiger partial charge in [-0.05, 0) is 80.8 Å². The Hall–Kier alpha value is -0.860. The number of nitrogens with two attached hydrogens (primary N) is 1. The third-order valence-electron chi connectivity index (χ3n) is 4.85. The highest BCUT2D eigenvalue weighted by molar-refractivity contribution is 5.35. The fourth-order valence-corrected chi connectivity index (χ4v) is 3.65. The van der Waals surface area contributed by atoms with E-state index in [0.29, 0.717) is 0 Å². The van der Waals surface area contributed by atoms with Crippen LogP contribution in [-0.2, 0) is 19.4 Å². The molecule has 0 aromatic heterocycles. The van der Waals surface area contributed by atoms with E-state index in [0.717, 1.165) is 19.0 Å². The molecule has 2 heteroatoms. The molecule has 1 aliphatic heterocycles. The summed E-state index contributed by atoms with van der Waals surface area (Å²) in [5.74, 6) is 0.876. The Bertz CT molecular complexity index is 419. The summed E-state index contributed by atoms with van der Waals surface area (Å²) in [6.45, 7) is 4.50. The third kappa shape index (κ3) is 3.18. The molecular formula is C17H26N2. The van der Waals surface area contributed by atoms with Crippen LogP contribution in [0.3, 0.4) is 0 Å². The van der Waals surface area contributed by atoms with Gasteiger partial charge in [-0.15, -0.1) is 0 Å². The molecule has 1 fully saturated rings. The summed E-state index contributed by atoms with van der Waals surface area (Å²) >= 11 is 0. The Balaban J connectivity index is 1.55. The van der Waals surface area contributed by atoms with E-state index >= 15 is 0 Å². The number of fused-ring (bicyclic) bond motifs is 1. The Kier molecular flexibility index (Phi) is 4.19. The lowest BCUT2D eigenvalue weighted by Crippen LogP contribution is -2.33. The minimum atomic E-state index is 0.857. The van der Waals surface area contributed by atoms with Crippen molar-refractivity contribution in [2.24, 2.45) is 11.7 Å². The van der Waals surface area contributed by atoms with Gasteiger partial charge in [-0.2, -0.15) is 0 Å². The van der Waals surface area contributed by atoms with Crippen molar-refractivity contribution in [2.45, 2.75) is 45.1 Å². The SMILES string of the molecule is NCCC1CCN(Cc2ccc3c(c2)CCC3)CC1. The average Bonchev–Trinajstić information content (AvgIpc) is 2.89. The molecule has 0 unspecified atom stereocenters. The van der Waals surface area contributed by atoms with Gasteiger partial charge in [0.1, 0.15) is 0 Å². The molecule has 0 atom stereocenters. The second kappa shape index (κ2) is 6.06. The lowest BCUT2D eigenvalue weighted by Gasteiger charge is -2.31. The molecule has 0 spiro atoms. The predicted octanol–water partition coefficient (Wildman–Crippen LogP) is 2.74. The molecule has 2 aliphatic rings. The Morgan fingerprint density at radius 2 is 1.89 bits per heavy atom. The second-order valence-corrected chi connectivity index (χ2v) is 6.25. The maximum atomic E-state index is 5.66. The number of likely N-dealkylation sites (tertiary alicyclic amines) is 1. The zero-order valence-corrected chi connectivity index (χ0v) is 11.9. The topological polar surface area (TPSA) is 29.3 Å². The molecule has 1 aliphatic carbocycles. The van der Waals surface area contributed by atoms with Crippen LogP contribution in [0.15, 0.2) is 18.2 Å². The fourth-order valence-electron chi connectivity index (χ4n) is 3.65. The number of nitrogens with zero attached hydrogens (tertiary/aromatic N) is 1. The minimum absolute atomic E-state index is 0.857. The second-order valence-electron chi connectivity index (χ2n) is 6.25. The zero-order valence-electron chi connectivity index (χ0n) is 11.9. The van der Waals surface area contributed by atoms with Gasteiger partial charge in [0.05, 0.1) is 0 Å². The summed E-state index contributed by atoms with van der Waals surface area (Å²) in [4.78, 5) is 2.61. The number of piperidine rings is 1. The Labute approximate surface area is 117 Å². The molecule has 1 heterocycles. The highest BCUT2D eigenvalue weighted by Crippen LogP contribution is 2.25. The van der Waals surface area contributed by atoms with Crippen LogP contribution < -0.4 is 5.73 Å². The minimum Gasteiger partial charge on any atom is -0.330 e. The van der Waals surface area contributed by atoms with Gasteiger partial charge in [0.2, 0.25) is 0 Å². The van der Waals surface area contributed by atoms with Gasteiger partial charge in [0.15, 0.2) is 0 Å². The number of rotatable bonds is 4. The maximum Gasteiger partial charge on any atom is 0.0233 e. The van der Waals surface area contributed by atoms with E-state index in [9.17, 15) is 0 Å². The molecule has 3 rings (SSSR count). The number of benzene rings is 1. The van der Waals surface area contributed by atoms with Crippen LogP contribution in [0.25, 0.3) is 0 Å². The maximum absolute atomic E-state index is 5.66. The van der Waals surface area contributed by atoms with E-state index in [4.69, 9.17) is 5.73 Å². The zero-order chi connectivity index (χ0) is 13.1. The van der Waals surface area contributed by atoms with Crippen molar-refractivity contribution in [1.29, 1.82) is 0 Å². The van der Waals surface area contributed by atoms with Crippen molar-refractivity contribution >= 4 is 0 Å². The van der Waals surface area contributed by atoms with Crippen LogP contribution >= 0.6 is 0 Å². The summed E-state index contributed by atoms with van der Waals surface area (Å²) in [5, 5.41) is 0. The van der Waals surface area contributed by atoms with Crippen LogP contribution in [0.2, 0.25) is 0 Å².